The van der Waals surface area contributed by atoms with Crippen LogP contribution in [0.3, 0.4) is 0 Å². The van der Waals surface area contributed by atoms with Crippen molar-refractivity contribution in [2.24, 2.45) is 0 Å². The fraction of sp³-hybridized carbons (Fsp3) is 0.647. The summed E-state index contributed by atoms with van der Waals surface area (Å²) in [5.41, 5.74) is 1.39. The van der Waals surface area contributed by atoms with Gasteiger partial charge in [0.25, 0.3) is 0 Å². The maximum absolute atomic E-state index is 5.87. The standard InChI is InChI=1S/C17H28N2O2/c1-17(2,3)18-14-15-5-4-6-16(13-15)21-12-9-19-7-10-20-11-8-19/h4-6,13,18H,7-12,14H2,1-3H3. The van der Waals surface area contributed by atoms with Gasteiger partial charge in [0, 0.05) is 31.7 Å². The van der Waals surface area contributed by atoms with Gasteiger partial charge in [-0.05, 0) is 38.5 Å². The lowest BCUT2D eigenvalue weighted by molar-refractivity contribution is 0.0322. The molecule has 0 saturated carbocycles. The lowest BCUT2D eigenvalue weighted by Crippen LogP contribution is -2.38. The Bertz CT molecular complexity index is 423. The van der Waals surface area contributed by atoms with Crippen molar-refractivity contribution in [2.75, 3.05) is 39.5 Å². The van der Waals surface area contributed by atoms with Crippen molar-refractivity contribution in [3.05, 3.63) is 29.8 Å². The topological polar surface area (TPSA) is 33.7 Å². The lowest BCUT2D eigenvalue weighted by Gasteiger charge is -2.26. The summed E-state index contributed by atoms with van der Waals surface area (Å²) in [7, 11) is 0. The van der Waals surface area contributed by atoms with Crippen LogP contribution in [-0.4, -0.2) is 49.9 Å². The maximum atomic E-state index is 5.87. The van der Waals surface area contributed by atoms with Crippen molar-refractivity contribution >= 4 is 0 Å². The molecule has 1 aromatic rings. The lowest BCUT2D eigenvalue weighted by atomic mass is 10.1. The molecule has 0 unspecified atom stereocenters. The fourth-order valence-electron chi connectivity index (χ4n) is 2.23. The molecule has 0 aromatic heterocycles. The number of nitrogens with one attached hydrogen (secondary N) is 1. The van der Waals surface area contributed by atoms with E-state index in [0.717, 1.165) is 51.7 Å². The van der Waals surface area contributed by atoms with E-state index in [1.165, 1.54) is 5.56 Å². The molecule has 0 atom stereocenters. The first-order valence-corrected chi connectivity index (χ1v) is 7.80. The highest BCUT2D eigenvalue weighted by molar-refractivity contribution is 5.28. The molecule has 1 aliphatic rings. The van der Waals surface area contributed by atoms with E-state index < -0.39 is 0 Å². The summed E-state index contributed by atoms with van der Waals surface area (Å²) in [6, 6.07) is 8.34. The van der Waals surface area contributed by atoms with Crippen molar-refractivity contribution in [3.63, 3.8) is 0 Å². The summed E-state index contributed by atoms with van der Waals surface area (Å²) < 4.78 is 11.2. The van der Waals surface area contributed by atoms with Gasteiger partial charge in [0.15, 0.2) is 0 Å². The van der Waals surface area contributed by atoms with Gasteiger partial charge in [-0.3, -0.25) is 4.90 Å². The van der Waals surface area contributed by atoms with Crippen LogP contribution in [0.1, 0.15) is 26.3 Å². The van der Waals surface area contributed by atoms with Crippen LogP contribution >= 0.6 is 0 Å². The molecule has 1 heterocycles. The van der Waals surface area contributed by atoms with Crippen molar-refractivity contribution in [1.82, 2.24) is 10.2 Å². The molecule has 1 saturated heterocycles. The first-order chi connectivity index (χ1) is 10.0. The van der Waals surface area contributed by atoms with Gasteiger partial charge in [-0.2, -0.15) is 0 Å². The molecule has 1 fully saturated rings. The van der Waals surface area contributed by atoms with Gasteiger partial charge in [0.2, 0.25) is 0 Å². The third-order valence-corrected chi connectivity index (χ3v) is 3.50. The Labute approximate surface area is 128 Å². The van der Waals surface area contributed by atoms with Gasteiger partial charge in [-0.25, -0.2) is 0 Å². The second-order valence-corrected chi connectivity index (χ2v) is 6.55. The first-order valence-electron chi connectivity index (χ1n) is 7.80. The van der Waals surface area contributed by atoms with Gasteiger partial charge in [0.1, 0.15) is 12.4 Å². The molecule has 1 N–H and O–H groups in total. The van der Waals surface area contributed by atoms with Crippen molar-refractivity contribution in [3.8, 4) is 5.75 Å². The molecule has 0 bridgehead atoms. The van der Waals surface area contributed by atoms with Crippen LogP contribution in [0.15, 0.2) is 24.3 Å². The number of nitrogens with zero attached hydrogens (tertiary/aromatic N) is 1. The summed E-state index contributed by atoms with van der Waals surface area (Å²) in [6.07, 6.45) is 0. The third-order valence-electron chi connectivity index (χ3n) is 3.50. The molecule has 118 valence electrons. The van der Waals surface area contributed by atoms with E-state index in [-0.39, 0.29) is 5.54 Å². The molecular formula is C17H28N2O2. The number of morpholine rings is 1. The van der Waals surface area contributed by atoms with Crippen LogP contribution in [0.4, 0.5) is 0 Å². The maximum Gasteiger partial charge on any atom is 0.119 e. The van der Waals surface area contributed by atoms with Gasteiger partial charge in [0.05, 0.1) is 13.2 Å². The molecule has 4 heteroatoms. The Balaban J connectivity index is 1.75. The number of benzene rings is 1. The largest absolute Gasteiger partial charge is 0.492 e. The Morgan fingerprint density at radius 1 is 1.24 bits per heavy atom. The van der Waals surface area contributed by atoms with Crippen LogP contribution in [0, 0.1) is 0 Å². The number of ether oxygens (including phenoxy) is 2. The number of rotatable bonds is 6. The highest BCUT2D eigenvalue weighted by Crippen LogP contribution is 2.14. The second kappa shape index (κ2) is 7.78. The first kappa shape index (κ1) is 16.3. The molecule has 0 spiro atoms. The monoisotopic (exact) mass is 292 g/mol. The highest BCUT2D eigenvalue weighted by Gasteiger charge is 2.10. The minimum absolute atomic E-state index is 0.132. The fourth-order valence-corrected chi connectivity index (χ4v) is 2.23. The molecule has 0 aliphatic carbocycles. The quantitative estimate of drug-likeness (QED) is 0.872. The van der Waals surface area contributed by atoms with Gasteiger partial charge in [-0.1, -0.05) is 12.1 Å². The average Bonchev–Trinajstić information content (AvgIpc) is 2.46. The molecule has 1 aliphatic heterocycles. The van der Waals surface area contributed by atoms with Crippen LogP contribution in [0.25, 0.3) is 0 Å². The highest BCUT2D eigenvalue weighted by atomic mass is 16.5. The predicted molar refractivity (Wildman–Crippen MR) is 85.8 cm³/mol. The zero-order chi connectivity index (χ0) is 15.1. The van der Waals surface area contributed by atoms with E-state index in [0.29, 0.717) is 0 Å². The molecule has 2 rings (SSSR count). The normalized spacial score (nSPS) is 16.9. The van der Waals surface area contributed by atoms with E-state index in [2.05, 4.69) is 49.2 Å². The van der Waals surface area contributed by atoms with E-state index >= 15 is 0 Å². The van der Waals surface area contributed by atoms with E-state index in [4.69, 9.17) is 9.47 Å². The molecule has 1 aromatic carbocycles. The summed E-state index contributed by atoms with van der Waals surface area (Å²) in [6.45, 7) is 12.8. The van der Waals surface area contributed by atoms with Crippen molar-refractivity contribution in [1.29, 1.82) is 0 Å². The Morgan fingerprint density at radius 3 is 2.71 bits per heavy atom. The van der Waals surface area contributed by atoms with Crippen molar-refractivity contribution in [2.45, 2.75) is 32.9 Å². The van der Waals surface area contributed by atoms with E-state index in [1.807, 2.05) is 6.07 Å². The van der Waals surface area contributed by atoms with E-state index in [9.17, 15) is 0 Å². The third kappa shape index (κ3) is 6.46. The Hall–Kier alpha value is -1.10. The van der Waals surface area contributed by atoms with Crippen LogP contribution in [-0.2, 0) is 11.3 Å². The smallest absolute Gasteiger partial charge is 0.119 e. The Kier molecular flexibility index (Phi) is 6.03. The van der Waals surface area contributed by atoms with Gasteiger partial charge < -0.3 is 14.8 Å². The molecule has 21 heavy (non-hydrogen) atoms. The number of hydrogen-bond acceptors (Lipinski definition) is 4. The van der Waals surface area contributed by atoms with Crippen molar-refractivity contribution < 1.29 is 9.47 Å². The summed E-state index contributed by atoms with van der Waals surface area (Å²) in [5, 5.41) is 3.50. The molecule has 0 radical (unpaired) electrons. The summed E-state index contributed by atoms with van der Waals surface area (Å²) in [4.78, 5) is 2.38. The van der Waals surface area contributed by atoms with Gasteiger partial charge >= 0.3 is 0 Å². The molecule has 4 nitrogen and oxygen atoms in total. The number of hydrogen-bond donors (Lipinski definition) is 1. The van der Waals surface area contributed by atoms with Crippen LogP contribution in [0.2, 0.25) is 0 Å². The van der Waals surface area contributed by atoms with E-state index in [1.54, 1.807) is 0 Å². The van der Waals surface area contributed by atoms with Crippen LogP contribution in [0.5, 0.6) is 5.75 Å². The minimum atomic E-state index is 0.132. The second-order valence-electron chi connectivity index (χ2n) is 6.55. The minimum Gasteiger partial charge on any atom is -0.492 e. The SMILES string of the molecule is CC(C)(C)NCc1cccc(OCCN2CCOCC2)c1. The zero-order valence-electron chi connectivity index (χ0n) is 13.5. The molecule has 0 amide bonds. The summed E-state index contributed by atoms with van der Waals surface area (Å²) in [5.74, 6) is 0.955. The zero-order valence-corrected chi connectivity index (χ0v) is 13.5. The summed E-state index contributed by atoms with van der Waals surface area (Å²) >= 11 is 0. The predicted octanol–water partition coefficient (Wildman–Crippen LogP) is 2.29. The van der Waals surface area contributed by atoms with Gasteiger partial charge in [-0.15, -0.1) is 0 Å². The average molecular weight is 292 g/mol. The Morgan fingerprint density at radius 2 is 2.00 bits per heavy atom. The van der Waals surface area contributed by atoms with Crippen LogP contribution < -0.4 is 10.1 Å². The molecular weight excluding hydrogens is 264 g/mol.